The highest BCUT2D eigenvalue weighted by atomic mass is 32.2. The minimum atomic E-state index is -0.766. The molecule has 0 aliphatic carbocycles. The third-order valence-corrected chi connectivity index (χ3v) is 4.42. The lowest BCUT2D eigenvalue weighted by molar-refractivity contribution is -0.741. The third kappa shape index (κ3) is 2.80. The van der Waals surface area contributed by atoms with E-state index < -0.39 is 11.7 Å². The minimum absolute atomic E-state index is 0.0199. The maximum Gasteiger partial charge on any atom is 0.300 e. The Morgan fingerprint density at radius 1 is 1.41 bits per heavy atom. The number of nitrogens with zero attached hydrogens (tertiary/aromatic N) is 4. The summed E-state index contributed by atoms with van der Waals surface area (Å²) in [4.78, 5) is 16.5. The quantitative estimate of drug-likeness (QED) is 0.465. The molecular formula is C14H14N4O3S. The van der Waals surface area contributed by atoms with Gasteiger partial charge in [-0.15, -0.1) is 0 Å². The zero-order valence-electron chi connectivity index (χ0n) is 12.6. The number of thioether (sulfide) groups is 1. The number of rotatable bonds is 4. The first kappa shape index (κ1) is 16.0. The first-order chi connectivity index (χ1) is 10.4. The Kier molecular flexibility index (Phi) is 4.47. The van der Waals surface area contributed by atoms with E-state index in [0.29, 0.717) is 10.6 Å². The van der Waals surface area contributed by atoms with Gasteiger partial charge in [-0.3, -0.25) is 4.79 Å². The maximum atomic E-state index is 12.1. The molecule has 0 saturated heterocycles. The van der Waals surface area contributed by atoms with Crippen LogP contribution >= 0.6 is 11.8 Å². The van der Waals surface area contributed by atoms with E-state index >= 15 is 0 Å². The van der Waals surface area contributed by atoms with Crippen LogP contribution in [0.5, 0.6) is 5.95 Å². The fraction of sp³-hybridized carbons (Fsp3) is 0.357. The van der Waals surface area contributed by atoms with Gasteiger partial charge in [0.2, 0.25) is 5.78 Å². The molecule has 0 aliphatic heterocycles. The number of hydrogen-bond donors (Lipinski definition) is 0. The Morgan fingerprint density at radius 2 is 2.09 bits per heavy atom. The molecule has 2 heterocycles. The van der Waals surface area contributed by atoms with E-state index in [9.17, 15) is 15.2 Å². The summed E-state index contributed by atoms with van der Waals surface area (Å²) < 4.78 is 5.53. The van der Waals surface area contributed by atoms with Gasteiger partial charge >= 0.3 is 0 Å². The van der Waals surface area contributed by atoms with E-state index in [-0.39, 0.29) is 11.4 Å². The van der Waals surface area contributed by atoms with Gasteiger partial charge in [-0.25, -0.2) is 4.98 Å². The summed E-state index contributed by atoms with van der Waals surface area (Å²) in [6.07, 6.45) is 0. The molecule has 22 heavy (non-hydrogen) atoms. The molecule has 114 valence electrons. The molecule has 2 aromatic rings. The molecule has 7 nitrogen and oxygen atoms in total. The first-order valence-corrected chi connectivity index (χ1v) is 7.42. The molecule has 0 aliphatic rings. The average molecular weight is 318 g/mol. The molecule has 2 aromatic heterocycles. The van der Waals surface area contributed by atoms with Crippen molar-refractivity contribution in [2.75, 3.05) is 5.75 Å². The predicted molar refractivity (Wildman–Crippen MR) is 75.3 cm³/mol. The van der Waals surface area contributed by atoms with Gasteiger partial charge in [0.25, 0.3) is 5.69 Å². The molecule has 8 heteroatoms. The van der Waals surface area contributed by atoms with E-state index in [1.54, 1.807) is 0 Å². The largest absolute Gasteiger partial charge is 0.539 e. The summed E-state index contributed by atoms with van der Waals surface area (Å²) in [5.41, 5.74) is 2.96. The van der Waals surface area contributed by atoms with Crippen LogP contribution in [0.2, 0.25) is 0 Å². The SMILES string of the molecule is Cc1nc(SCC(=O)c2c([O-])on[n+]2C)c(C#N)c(C)c1C. The highest BCUT2D eigenvalue weighted by Crippen LogP contribution is 2.27. The Morgan fingerprint density at radius 3 is 2.64 bits per heavy atom. The lowest BCUT2D eigenvalue weighted by Gasteiger charge is -2.10. The normalized spacial score (nSPS) is 10.5. The molecule has 0 radical (unpaired) electrons. The molecule has 0 bridgehead atoms. The molecular weight excluding hydrogens is 304 g/mol. The second kappa shape index (κ2) is 6.15. The Hall–Kier alpha value is -2.40. The van der Waals surface area contributed by atoms with Crippen LogP contribution in [0.1, 0.15) is 32.9 Å². The van der Waals surface area contributed by atoms with Crippen molar-refractivity contribution in [1.29, 1.82) is 5.26 Å². The van der Waals surface area contributed by atoms with Crippen LogP contribution in [0.3, 0.4) is 0 Å². The summed E-state index contributed by atoms with van der Waals surface area (Å²) in [5.74, 6) is -1.20. The lowest BCUT2D eigenvalue weighted by Crippen LogP contribution is -2.37. The molecule has 0 N–H and O–H groups in total. The lowest BCUT2D eigenvalue weighted by atomic mass is 10.1. The first-order valence-electron chi connectivity index (χ1n) is 6.43. The van der Waals surface area contributed by atoms with Gasteiger partial charge < -0.3 is 9.63 Å². The number of aromatic nitrogens is 3. The number of hydrogen-bond acceptors (Lipinski definition) is 7. The van der Waals surface area contributed by atoms with Crippen molar-refractivity contribution < 1.29 is 19.1 Å². The van der Waals surface area contributed by atoms with Gasteiger partial charge in [-0.1, -0.05) is 16.4 Å². The average Bonchev–Trinajstić information content (AvgIpc) is 2.81. The van der Waals surface area contributed by atoms with Crippen LogP contribution in [0.25, 0.3) is 0 Å². The monoisotopic (exact) mass is 318 g/mol. The van der Waals surface area contributed by atoms with Gasteiger partial charge in [0.1, 0.15) is 11.1 Å². The van der Waals surface area contributed by atoms with Gasteiger partial charge in [-0.05, 0) is 31.9 Å². The summed E-state index contributed by atoms with van der Waals surface area (Å²) in [6, 6.07) is 2.12. The van der Waals surface area contributed by atoms with Crippen molar-refractivity contribution in [2.24, 2.45) is 7.05 Å². The van der Waals surface area contributed by atoms with E-state index in [1.807, 2.05) is 20.8 Å². The smallest absolute Gasteiger partial charge is 0.300 e. The summed E-state index contributed by atoms with van der Waals surface area (Å²) in [7, 11) is 1.46. The van der Waals surface area contributed by atoms with Crippen LogP contribution in [0, 0.1) is 32.1 Å². The van der Waals surface area contributed by atoms with E-state index in [4.69, 9.17) is 0 Å². The second-order valence-electron chi connectivity index (χ2n) is 4.78. The molecule has 2 rings (SSSR count). The summed E-state index contributed by atoms with van der Waals surface area (Å²) in [6.45, 7) is 5.61. The van der Waals surface area contributed by atoms with Gasteiger partial charge in [0, 0.05) is 5.69 Å². The zero-order valence-corrected chi connectivity index (χ0v) is 13.4. The van der Waals surface area contributed by atoms with E-state index in [2.05, 4.69) is 20.8 Å². The molecule has 0 aromatic carbocycles. The van der Waals surface area contributed by atoms with Gasteiger partial charge in [-0.2, -0.15) is 5.26 Å². The Balaban J connectivity index is 2.26. The van der Waals surface area contributed by atoms with Crippen molar-refractivity contribution in [1.82, 2.24) is 10.3 Å². The van der Waals surface area contributed by atoms with Gasteiger partial charge in [0.05, 0.1) is 16.6 Å². The maximum absolute atomic E-state index is 12.1. The van der Waals surface area contributed by atoms with Crippen LogP contribution in [-0.2, 0) is 7.05 Å². The standard InChI is InChI=1S/C14H14N4O3S/c1-7-8(2)10(5-15)13(16-9(7)3)22-6-11(19)12-14(20)21-17-18(12)4/h6H2,1-4H3. The zero-order chi connectivity index (χ0) is 16.4. The number of aryl methyl sites for hydroxylation is 2. The number of nitriles is 1. The number of pyridine rings is 1. The van der Waals surface area contributed by atoms with E-state index in [1.165, 1.54) is 7.05 Å². The van der Waals surface area contributed by atoms with Crippen molar-refractivity contribution in [3.8, 4) is 12.0 Å². The van der Waals surface area contributed by atoms with Gasteiger partial charge in [0.15, 0.2) is 13.0 Å². The molecule has 0 unspecified atom stereocenters. The molecule has 0 fully saturated rings. The fourth-order valence-corrected chi connectivity index (χ4v) is 2.91. The molecule has 0 spiro atoms. The third-order valence-electron chi connectivity index (χ3n) is 3.44. The number of ketones is 1. The number of carbonyl (C=O) groups is 1. The summed E-state index contributed by atoms with van der Waals surface area (Å²) >= 11 is 1.13. The summed E-state index contributed by atoms with van der Waals surface area (Å²) in [5, 5.41) is 24.6. The van der Waals surface area contributed by atoms with Crippen molar-refractivity contribution in [3.05, 3.63) is 28.1 Å². The second-order valence-corrected chi connectivity index (χ2v) is 5.75. The van der Waals surface area contributed by atoms with E-state index in [0.717, 1.165) is 33.3 Å². The highest BCUT2D eigenvalue weighted by molar-refractivity contribution is 8.00. The van der Waals surface area contributed by atoms with Crippen LogP contribution in [-0.4, -0.2) is 21.8 Å². The van der Waals surface area contributed by atoms with Crippen LogP contribution in [0.4, 0.5) is 0 Å². The number of carbonyl (C=O) groups excluding carboxylic acids is 1. The highest BCUT2D eigenvalue weighted by Gasteiger charge is 2.23. The van der Waals surface area contributed by atoms with Crippen molar-refractivity contribution >= 4 is 17.5 Å². The Bertz CT molecular complexity index is 773. The molecule has 0 saturated carbocycles. The Labute approximate surface area is 131 Å². The molecule has 0 amide bonds. The van der Waals surface area contributed by atoms with Crippen LogP contribution in [0.15, 0.2) is 9.55 Å². The van der Waals surface area contributed by atoms with Crippen LogP contribution < -0.4 is 9.79 Å². The van der Waals surface area contributed by atoms with Crippen molar-refractivity contribution in [3.63, 3.8) is 0 Å². The number of Topliss-reactive ketones (excluding diaryl/α,β-unsaturated/α-hetero) is 1. The predicted octanol–water partition coefficient (Wildman–Crippen LogP) is 0.740. The topological polar surface area (TPSA) is 107 Å². The fourth-order valence-electron chi connectivity index (χ4n) is 1.96. The molecule has 0 atom stereocenters. The minimum Gasteiger partial charge on any atom is -0.539 e. The van der Waals surface area contributed by atoms with Crippen molar-refractivity contribution in [2.45, 2.75) is 25.8 Å².